The first-order chi connectivity index (χ1) is 32.6. The Bertz CT molecular complexity index is 1210. The van der Waals surface area contributed by atoms with Gasteiger partial charge in [0, 0.05) is 13.0 Å². The molecule has 0 rings (SSSR count). The number of hydrogen-bond donors (Lipinski definition) is 1. The lowest BCUT2D eigenvalue weighted by Gasteiger charge is -2.24. The zero-order chi connectivity index (χ0) is 49.0. The third kappa shape index (κ3) is 55.3. The number of phosphoric ester groups is 1. The SMILES string of the molecule is CCCCC/C=C\C/C=C\C/C=C\CCCCCCCCC(=O)OC(COCCCCCCCCCCCCCCCC/C=C\CCCCCCCCCC)COP(=O)(O)OCC[N+](C)(C)C. The first-order valence-corrected chi connectivity index (χ1v) is 29.9. The molecule has 0 fully saturated rings. The van der Waals surface area contributed by atoms with Gasteiger partial charge in [0.1, 0.15) is 19.3 Å². The van der Waals surface area contributed by atoms with E-state index in [4.69, 9.17) is 18.5 Å². The zero-order valence-electron chi connectivity index (χ0n) is 44.9. The van der Waals surface area contributed by atoms with Crippen molar-refractivity contribution in [3.05, 3.63) is 48.6 Å². The third-order valence-corrected chi connectivity index (χ3v) is 13.3. The van der Waals surface area contributed by atoms with E-state index in [-0.39, 0.29) is 25.8 Å². The number of carbonyl (C=O) groups excluding carboxylic acids is 1. The van der Waals surface area contributed by atoms with Crippen LogP contribution >= 0.6 is 7.82 Å². The number of rotatable bonds is 53. The monoisotopic (exact) mass is 965 g/mol. The molecule has 394 valence electrons. The Hall–Kier alpha value is -1.54. The van der Waals surface area contributed by atoms with Gasteiger partial charge in [0.25, 0.3) is 0 Å². The highest BCUT2D eigenvalue weighted by Crippen LogP contribution is 2.43. The molecular formula is C58H111NO7P+. The van der Waals surface area contributed by atoms with Gasteiger partial charge in [-0.15, -0.1) is 0 Å². The maximum absolute atomic E-state index is 12.8. The van der Waals surface area contributed by atoms with Gasteiger partial charge in [-0.3, -0.25) is 13.8 Å². The van der Waals surface area contributed by atoms with Crippen LogP contribution in [0, 0.1) is 0 Å². The number of likely N-dealkylation sites (N-methyl/N-ethyl adjacent to an activating group) is 1. The van der Waals surface area contributed by atoms with E-state index in [0.717, 1.165) is 57.8 Å². The number of phosphoric acid groups is 1. The topological polar surface area (TPSA) is 91.3 Å². The highest BCUT2D eigenvalue weighted by molar-refractivity contribution is 7.47. The minimum absolute atomic E-state index is 0.0855. The fourth-order valence-electron chi connectivity index (χ4n) is 7.97. The Morgan fingerprint density at radius 3 is 1.27 bits per heavy atom. The van der Waals surface area contributed by atoms with Crippen LogP contribution in [-0.4, -0.2) is 75.6 Å². The van der Waals surface area contributed by atoms with Crippen molar-refractivity contribution in [3.63, 3.8) is 0 Å². The second kappa shape index (κ2) is 50.8. The molecule has 0 heterocycles. The van der Waals surface area contributed by atoms with E-state index in [9.17, 15) is 14.3 Å². The van der Waals surface area contributed by atoms with Gasteiger partial charge in [-0.25, -0.2) is 4.57 Å². The maximum atomic E-state index is 12.8. The second-order valence-electron chi connectivity index (χ2n) is 20.3. The molecule has 2 unspecified atom stereocenters. The molecule has 8 nitrogen and oxygen atoms in total. The Morgan fingerprint density at radius 1 is 0.463 bits per heavy atom. The first-order valence-electron chi connectivity index (χ1n) is 28.4. The molecule has 0 amide bonds. The van der Waals surface area contributed by atoms with E-state index in [1.807, 2.05) is 21.1 Å². The van der Waals surface area contributed by atoms with Crippen molar-refractivity contribution in [1.82, 2.24) is 0 Å². The highest BCUT2D eigenvalue weighted by Gasteiger charge is 2.26. The van der Waals surface area contributed by atoms with Crippen molar-refractivity contribution in [2.24, 2.45) is 0 Å². The molecule has 1 N–H and O–H groups in total. The van der Waals surface area contributed by atoms with Crippen LogP contribution in [0.3, 0.4) is 0 Å². The van der Waals surface area contributed by atoms with Crippen molar-refractivity contribution in [3.8, 4) is 0 Å². The second-order valence-corrected chi connectivity index (χ2v) is 21.8. The van der Waals surface area contributed by atoms with Crippen molar-refractivity contribution >= 4 is 13.8 Å². The quantitative estimate of drug-likeness (QED) is 0.0213. The standard InChI is InChI=1S/C58H110NO7P/c1-6-8-10-12-14-16-18-20-22-24-26-27-28-29-30-31-32-34-36-38-40-42-44-46-48-50-53-63-55-57(56-65-67(61,62)64-54-52-59(3,4)5)66-58(60)51-49-47-45-43-41-39-37-35-33-25-23-21-19-17-15-13-11-9-7-2/h15,17,21,23-24,26,33,35,57H,6-14,16,18-20,22,25,27-32,34,36-56H2,1-5H3/p+1/b17-15-,23-21-,26-24-,35-33-. The number of quaternary nitrogens is 1. The molecule has 0 spiro atoms. The Kier molecular flexibility index (Phi) is 49.7. The van der Waals surface area contributed by atoms with Gasteiger partial charge in [0.05, 0.1) is 34.4 Å². The number of hydrogen-bond acceptors (Lipinski definition) is 6. The summed E-state index contributed by atoms with van der Waals surface area (Å²) < 4.78 is 35.2. The molecule has 0 aromatic carbocycles. The van der Waals surface area contributed by atoms with E-state index < -0.39 is 13.9 Å². The summed E-state index contributed by atoms with van der Waals surface area (Å²) >= 11 is 0. The zero-order valence-corrected chi connectivity index (χ0v) is 45.8. The molecule has 0 aliphatic rings. The van der Waals surface area contributed by atoms with Crippen LogP contribution in [0.15, 0.2) is 48.6 Å². The summed E-state index contributed by atoms with van der Waals surface area (Å²) in [7, 11) is 1.66. The van der Waals surface area contributed by atoms with E-state index in [0.29, 0.717) is 24.1 Å². The van der Waals surface area contributed by atoms with Crippen LogP contribution in [0.25, 0.3) is 0 Å². The van der Waals surface area contributed by atoms with Gasteiger partial charge >= 0.3 is 13.8 Å². The van der Waals surface area contributed by atoms with Gasteiger partial charge in [0.15, 0.2) is 0 Å². The van der Waals surface area contributed by atoms with Crippen LogP contribution in [0.5, 0.6) is 0 Å². The molecule has 0 aliphatic carbocycles. The first kappa shape index (κ1) is 65.5. The average molecular weight is 965 g/mol. The summed E-state index contributed by atoms with van der Waals surface area (Å²) in [5.74, 6) is -0.323. The summed E-state index contributed by atoms with van der Waals surface area (Å²) in [6, 6.07) is 0. The minimum Gasteiger partial charge on any atom is -0.457 e. The van der Waals surface area contributed by atoms with Gasteiger partial charge in [0.2, 0.25) is 0 Å². The van der Waals surface area contributed by atoms with E-state index in [1.54, 1.807) is 0 Å². The van der Waals surface area contributed by atoms with Crippen molar-refractivity contribution in [2.75, 3.05) is 54.1 Å². The molecule has 0 radical (unpaired) electrons. The molecule has 0 aromatic heterocycles. The number of nitrogens with zero attached hydrogens (tertiary/aromatic N) is 1. The predicted molar refractivity (Wildman–Crippen MR) is 289 cm³/mol. The summed E-state index contributed by atoms with van der Waals surface area (Å²) in [5.41, 5.74) is 0. The molecule has 2 atom stereocenters. The average Bonchev–Trinajstić information content (AvgIpc) is 3.29. The third-order valence-electron chi connectivity index (χ3n) is 12.4. The predicted octanol–water partition coefficient (Wildman–Crippen LogP) is 17.8. The van der Waals surface area contributed by atoms with Crippen LogP contribution in [0.4, 0.5) is 0 Å². The van der Waals surface area contributed by atoms with Crippen LogP contribution in [-0.2, 0) is 27.9 Å². The normalized spacial score (nSPS) is 13.8. The number of carbonyl (C=O) groups is 1. The van der Waals surface area contributed by atoms with Gasteiger partial charge in [-0.2, -0.15) is 0 Å². The summed E-state index contributed by atoms with van der Waals surface area (Å²) in [6.45, 7) is 5.61. The minimum atomic E-state index is -4.29. The summed E-state index contributed by atoms with van der Waals surface area (Å²) in [6.07, 6.45) is 64.6. The smallest absolute Gasteiger partial charge is 0.457 e. The lowest BCUT2D eigenvalue weighted by atomic mass is 10.0. The van der Waals surface area contributed by atoms with Gasteiger partial charge < -0.3 is 18.9 Å². The van der Waals surface area contributed by atoms with Crippen molar-refractivity contribution in [1.29, 1.82) is 0 Å². The largest absolute Gasteiger partial charge is 0.472 e. The van der Waals surface area contributed by atoms with E-state index in [2.05, 4.69) is 62.5 Å². The van der Waals surface area contributed by atoms with Crippen LogP contribution in [0.1, 0.15) is 258 Å². The molecule has 0 bridgehead atoms. The lowest BCUT2D eigenvalue weighted by molar-refractivity contribution is -0.870. The number of esters is 1. The van der Waals surface area contributed by atoms with E-state index >= 15 is 0 Å². The number of allylic oxidation sites excluding steroid dienone is 8. The Balaban J connectivity index is 4.07. The molecule has 0 aromatic rings. The fraction of sp³-hybridized carbons (Fsp3) is 0.845. The molecule has 9 heteroatoms. The molecule has 0 aliphatic heterocycles. The Labute approximate surface area is 416 Å². The number of unbranched alkanes of at least 4 members (excludes halogenated alkanes) is 31. The maximum Gasteiger partial charge on any atom is 0.472 e. The molecule has 0 saturated heterocycles. The van der Waals surface area contributed by atoms with Crippen LogP contribution < -0.4 is 0 Å². The van der Waals surface area contributed by atoms with E-state index in [1.165, 1.54) is 180 Å². The van der Waals surface area contributed by atoms with Crippen molar-refractivity contribution in [2.45, 2.75) is 264 Å². The lowest BCUT2D eigenvalue weighted by Crippen LogP contribution is -2.37. The molecule has 67 heavy (non-hydrogen) atoms. The number of ether oxygens (including phenoxy) is 2. The Morgan fingerprint density at radius 2 is 0.821 bits per heavy atom. The van der Waals surface area contributed by atoms with Gasteiger partial charge in [-0.05, 0) is 77.0 Å². The fourth-order valence-corrected chi connectivity index (χ4v) is 8.71. The molecular weight excluding hydrogens is 854 g/mol. The molecule has 0 saturated carbocycles. The summed E-state index contributed by atoms with van der Waals surface area (Å²) in [4.78, 5) is 23.0. The van der Waals surface area contributed by atoms with Gasteiger partial charge in [-0.1, -0.05) is 223 Å². The highest BCUT2D eigenvalue weighted by atomic mass is 31.2. The van der Waals surface area contributed by atoms with Crippen LogP contribution in [0.2, 0.25) is 0 Å². The summed E-state index contributed by atoms with van der Waals surface area (Å²) in [5, 5.41) is 0. The van der Waals surface area contributed by atoms with Crippen molar-refractivity contribution < 1.29 is 37.3 Å².